The molecule has 3 amide bonds. The summed E-state index contributed by atoms with van der Waals surface area (Å²) < 4.78 is 80.7. The number of benzene rings is 2. The van der Waals surface area contributed by atoms with Gasteiger partial charge in [0.1, 0.15) is 5.82 Å². The van der Waals surface area contributed by atoms with Gasteiger partial charge in [-0.2, -0.15) is 17.9 Å². The van der Waals surface area contributed by atoms with Gasteiger partial charge in [0.15, 0.2) is 0 Å². The topological polar surface area (TPSA) is 95.6 Å². The monoisotopic (exact) mass is 451 g/mol. The second-order valence-corrected chi connectivity index (χ2v) is 7.97. The van der Waals surface area contributed by atoms with Crippen LogP contribution in [-0.4, -0.2) is 32.2 Å². The Balaban J connectivity index is 2.06. The number of amides is 3. The van der Waals surface area contributed by atoms with Crippen LogP contribution >= 0.6 is 11.6 Å². The molecule has 2 aromatic carbocycles. The van der Waals surface area contributed by atoms with Crippen LogP contribution in [0, 0.1) is 5.82 Å². The van der Waals surface area contributed by atoms with Crippen LogP contribution in [0.4, 0.5) is 28.0 Å². The van der Waals surface area contributed by atoms with Crippen molar-refractivity contribution in [1.82, 2.24) is 10.0 Å². The number of hydrogen-bond donors (Lipinski definition) is 2. The van der Waals surface area contributed by atoms with Crippen molar-refractivity contribution in [3.8, 4) is 0 Å². The van der Waals surface area contributed by atoms with E-state index in [4.69, 9.17) is 11.6 Å². The van der Waals surface area contributed by atoms with Gasteiger partial charge in [0.05, 0.1) is 10.6 Å². The number of rotatable bonds is 4. The predicted molar refractivity (Wildman–Crippen MR) is 93.0 cm³/mol. The van der Waals surface area contributed by atoms with Gasteiger partial charge >= 0.3 is 12.2 Å². The number of anilines is 1. The standard InChI is InChI=1S/C16H10ClF4N3O4S/c17-9-1-7-12(8-2-9)29(27,28)23-15(16(19,20)21)13(25)24(14(26)22-15)11-5-3-10(18)4-6-11/h1-8,23H,(H,22,26)/t15-/m0/s1. The number of sulfonamides is 1. The molecule has 2 N–H and O–H groups in total. The van der Waals surface area contributed by atoms with Crippen LogP contribution in [0.1, 0.15) is 0 Å². The van der Waals surface area contributed by atoms with Gasteiger partial charge in [-0.1, -0.05) is 11.6 Å². The molecule has 0 bridgehead atoms. The predicted octanol–water partition coefficient (Wildman–Crippen LogP) is 2.77. The number of nitrogens with one attached hydrogen (secondary N) is 2. The molecule has 29 heavy (non-hydrogen) atoms. The fourth-order valence-electron chi connectivity index (χ4n) is 2.55. The number of halogens is 5. The van der Waals surface area contributed by atoms with E-state index in [2.05, 4.69) is 0 Å². The first-order valence-corrected chi connectivity index (χ1v) is 9.52. The second kappa shape index (κ2) is 6.97. The van der Waals surface area contributed by atoms with Crippen molar-refractivity contribution in [1.29, 1.82) is 0 Å². The van der Waals surface area contributed by atoms with Crippen molar-refractivity contribution in [2.75, 3.05) is 4.90 Å². The van der Waals surface area contributed by atoms with Gasteiger partial charge in [0, 0.05) is 5.02 Å². The molecule has 0 spiro atoms. The van der Waals surface area contributed by atoms with Crippen LogP contribution in [0.2, 0.25) is 5.02 Å². The molecule has 7 nitrogen and oxygen atoms in total. The molecule has 0 saturated carbocycles. The summed E-state index contributed by atoms with van der Waals surface area (Å²) in [5.41, 5.74) is -4.34. The van der Waals surface area contributed by atoms with Gasteiger partial charge in [-0.05, 0) is 48.5 Å². The van der Waals surface area contributed by atoms with Crippen molar-refractivity contribution in [2.24, 2.45) is 0 Å². The molecule has 0 aliphatic carbocycles. The molecule has 1 atom stereocenters. The summed E-state index contributed by atoms with van der Waals surface area (Å²) in [5.74, 6) is -2.70. The maximum absolute atomic E-state index is 13.8. The smallest absolute Gasteiger partial charge is 0.302 e. The van der Waals surface area contributed by atoms with E-state index in [1.54, 1.807) is 0 Å². The highest BCUT2D eigenvalue weighted by atomic mass is 35.5. The third-order valence-electron chi connectivity index (χ3n) is 3.94. The fraction of sp³-hybridized carbons (Fsp3) is 0.125. The van der Waals surface area contributed by atoms with Crippen LogP contribution < -0.4 is 14.9 Å². The minimum atomic E-state index is -5.55. The van der Waals surface area contributed by atoms with Gasteiger partial charge in [-0.25, -0.2) is 22.5 Å². The third-order valence-corrected chi connectivity index (χ3v) is 5.66. The molecule has 1 saturated heterocycles. The normalized spacial score (nSPS) is 20.1. The highest BCUT2D eigenvalue weighted by molar-refractivity contribution is 7.89. The maximum atomic E-state index is 13.8. The Morgan fingerprint density at radius 2 is 1.55 bits per heavy atom. The van der Waals surface area contributed by atoms with Crippen molar-refractivity contribution < 1.29 is 35.6 Å². The minimum absolute atomic E-state index is 0.0668. The van der Waals surface area contributed by atoms with E-state index in [0.29, 0.717) is 0 Å². The first kappa shape index (κ1) is 21.0. The number of nitrogens with zero attached hydrogens (tertiary/aromatic N) is 1. The van der Waals surface area contributed by atoms with Gasteiger partial charge in [0.2, 0.25) is 10.0 Å². The lowest BCUT2D eigenvalue weighted by Gasteiger charge is -2.29. The molecule has 0 unspecified atom stereocenters. The average molecular weight is 452 g/mol. The highest BCUT2D eigenvalue weighted by Gasteiger charge is 2.69. The number of carbonyl (C=O) groups is 2. The summed E-state index contributed by atoms with van der Waals surface area (Å²) in [6.45, 7) is 0. The van der Waals surface area contributed by atoms with Crippen LogP contribution in [0.5, 0.6) is 0 Å². The molecular weight excluding hydrogens is 442 g/mol. The molecule has 0 aromatic heterocycles. The summed E-state index contributed by atoms with van der Waals surface area (Å²) in [4.78, 5) is 24.2. The Hall–Kier alpha value is -2.70. The third kappa shape index (κ3) is 3.66. The molecule has 1 aliphatic rings. The van der Waals surface area contributed by atoms with Crippen molar-refractivity contribution >= 4 is 39.2 Å². The molecular formula is C16H10ClF4N3O4S. The Morgan fingerprint density at radius 1 is 1.00 bits per heavy atom. The van der Waals surface area contributed by atoms with E-state index in [1.165, 1.54) is 10.0 Å². The molecule has 13 heteroatoms. The quantitative estimate of drug-likeness (QED) is 0.552. The van der Waals surface area contributed by atoms with Gasteiger partial charge in [-0.3, -0.25) is 4.79 Å². The maximum Gasteiger partial charge on any atom is 0.435 e. The second-order valence-electron chi connectivity index (χ2n) is 5.85. The summed E-state index contributed by atoms with van der Waals surface area (Å²) >= 11 is 5.63. The summed E-state index contributed by atoms with van der Waals surface area (Å²) in [7, 11) is -4.92. The molecule has 1 aliphatic heterocycles. The first-order valence-electron chi connectivity index (χ1n) is 7.66. The van der Waals surface area contributed by atoms with Crippen molar-refractivity contribution in [3.63, 3.8) is 0 Å². The molecule has 1 fully saturated rings. The molecule has 2 aromatic rings. The van der Waals surface area contributed by atoms with E-state index < -0.39 is 44.5 Å². The van der Waals surface area contributed by atoms with Gasteiger partial charge < -0.3 is 5.32 Å². The fourth-order valence-corrected chi connectivity index (χ4v) is 3.94. The van der Waals surface area contributed by atoms with E-state index in [9.17, 15) is 35.6 Å². The Bertz CT molecular complexity index is 1070. The summed E-state index contributed by atoms with van der Waals surface area (Å²) in [6, 6.07) is 5.98. The van der Waals surface area contributed by atoms with Gasteiger partial charge in [0.25, 0.3) is 11.6 Å². The summed E-state index contributed by atoms with van der Waals surface area (Å²) in [6.07, 6.45) is -5.55. The first-order chi connectivity index (χ1) is 13.4. The number of carbonyl (C=O) groups excluding carboxylic acids is 2. The van der Waals surface area contributed by atoms with E-state index >= 15 is 0 Å². The molecule has 3 rings (SSSR count). The minimum Gasteiger partial charge on any atom is -0.302 e. The van der Waals surface area contributed by atoms with E-state index in [0.717, 1.165) is 48.5 Å². The summed E-state index contributed by atoms with van der Waals surface area (Å²) in [5, 5.41) is 1.49. The lowest BCUT2D eigenvalue weighted by atomic mass is 10.1. The van der Waals surface area contributed by atoms with E-state index in [-0.39, 0.29) is 15.6 Å². The van der Waals surface area contributed by atoms with Crippen LogP contribution in [0.25, 0.3) is 0 Å². The molecule has 154 valence electrons. The number of hydrogen-bond acceptors (Lipinski definition) is 4. The largest absolute Gasteiger partial charge is 0.435 e. The van der Waals surface area contributed by atoms with Crippen LogP contribution in [-0.2, 0) is 14.8 Å². The number of alkyl halides is 3. The van der Waals surface area contributed by atoms with Gasteiger partial charge in [-0.15, -0.1) is 0 Å². The zero-order valence-electron chi connectivity index (χ0n) is 14.0. The SMILES string of the molecule is O=C1N[C@@](NS(=O)(=O)c2ccc(Cl)cc2)(C(F)(F)F)C(=O)N1c1ccc(F)cc1. The van der Waals surface area contributed by atoms with E-state index in [1.807, 2.05) is 0 Å². The lowest BCUT2D eigenvalue weighted by molar-refractivity contribution is -0.194. The number of imide groups is 1. The average Bonchev–Trinajstić information content (AvgIpc) is 2.87. The zero-order chi connectivity index (χ0) is 21.6. The lowest BCUT2D eigenvalue weighted by Crippen LogP contribution is -2.69. The van der Waals surface area contributed by atoms with Crippen molar-refractivity contribution in [3.05, 3.63) is 59.4 Å². The van der Waals surface area contributed by atoms with Crippen LogP contribution in [0.15, 0.2) is 53.4 Å². The highest BCUT2D eigenvalue weighted by Crippen LogP contribution is 2.37. The molecule has 1 heterocycles. The van der Waals surface area contributed by atoms with Crippen molar-refractivity contribution in [2.45, 2.75) is 16.7 Å². The number of urea groups is 1. The Morgan fingerprint density at radius 3 is 2.07 bits per heavy atom. The molecule has 0 radical (unpaired) electrons. The Labute approximate surface area is 166 Å². The zero-order valence-corrected chi connectivity index (χ0v) is 15.6. The Kier molecular flexibility index (Phi) is 5.05. The van der Waals surface area contributed by atoms with Crippen LogP contribution in [0.3, 0.4) is 0 Å².